The summed E-state index contributed by atoms with van der Waals surface area (Å²) in [5, 5.41) is 0.848. The van der Waals surface area contributed by atoms with Gasteiger partial charge in [0, 0.05) is 36.2 Å². The zero-order valence-electron chi connectivity index (χ0n) is 17.5. The van der Waals surface area contributed by atoms with E-state index in [0.29, 0.717) is 17.7 Å². The van der Waals surface area contributed by atoms with Gasteiger partial charge < -0.3 is 9.72 Å². The fourth-order valence-electron chi connectivity index (χ4n) is 4.08. The third-order valence-corrected chi connectivity index (χ3v) is 7.47. The lowest BCUT2D eigenvalue weighted by atomic mass is 10.0. The predicted octanol–water partition coefficient (Wildman–Crippen LogP) is 3.65. The standard InChI is InChI=1S/C23H25FN2O4S/c1-15-10-16(2)19-12-17(23(27)25-21(19)11-15)13-26(14-18-6-5-9-30-18)31(28,29)22-8-4-3-7-20(22)24/h3-4,7-8,10-12,18H,5-6,9,13-14H2,1-2H3,(H,25,27). The summed E-state index contributed by atoms with van der Waals surface area (Å²) in [6.07, 6.45) is 1.27. The van der Waals surface area contributed by atoms with E-state index >= 15 is 0 Å². The number of nitrogens with zero attached hydrogens (tertiary/aromatic N) is 1. The summed E-state index contributed by atoms with van der Waals surface area (Å²) in [6.45, 7) is 4.34. The predicted molar refractivity (Wildman–Crippen MR) is 117 cm³/mol. The van der Waals surface area contributed by atoms with Crippen LogP contribution in [0.2, 0.25) is 0 Å². The Morgan fingerprint density at radius 3 is 2.68 bits per heavy atom. The lowest BCUT2D eigenvalue weighted by Gasteiger charge is -2.25. The van der Waals surface area contributed by atoms with Crippen LogP contribution in [0.25, 0.3) is 10.9 Å². The molecule has 0 spiro atoms. The van der Waals surface area contributed by atoms with Gasteiger partial charge >= 0.3 is 0 Å². The zero-order chi connectivity index (χ0) is 22.2. The highest BCUT2D eigenvalue weighted by atomic mass is 32.2. The normalized spacial score (nSPS) is 17.0. The molecule has 1 aliphatic rings. The molecule has 164 valence electrons. The molecule has 1 saturated heterocycles. The number of H-pyrrole nitrogens is 1. The number of halogens is 1. The quantitative estimate of drug-likeness (QED) is 0.629. The Kier molecular flexibility index (Phi) is 5.96. The molecule has 2 aromatic carbocycles. The minimum atomic E-state index is -4.18. The van der Waals surface area contributed by atoms with E-state index in [1.807, 2.05) is 26.0 Å². The topological polar surface area (TPSA) is 79.5 Å². The molecule has 31 heavy (non-hydrogen) atoms. The van der Waals surface area contributed by atoms with Gasteiger partial charge in [-0.05, 0) is 62.1 Å². The number of nitrogens with one attached hydrogen (secondary N) is 1. The number of hydrogen-bond donors (Lipinski definition) is 1. The first-order chi connectivity index (χ1) is 14.8. The highest BCUT2D eigenvalue weighted by Crippen LogP contribution is 2.25. The van der Waals surface area contributed by atoms with Gasteiger partial charge in [0.05, 0.1) is 6.10 Å². The van der Waals surface area contributed by atoms with E-state index in [1.165, 1.54) is 18.2 Å². The first kappa shape index (κ1) is 21.7. The molecule has 1 fully saturated rings. The van der Waals surface area contributed by atoms with Crippen LogP contribution in [-0.2, 0) is 21.3 Å². The summed E-state index contributed by atoms with van der Waals surface area (Å²) in [7, 11) is -4.18. The summed E-state index contributed by atoms with van der Waals surface area (Å²) in [5.74, 6) is -0.821. The van der Waals surface area contributed by atoms with Crippen molar-refractivity contribution in [3.05, 3.63) is 75.3 Å². The van der Waals surface area contributed by atoms with Crippen molar-refractivity contribution in [2.75, 3.05) is 13.2 Å². The summed E-state index contributed by atoms with van der Waals surface area (Å²) in [4.78, 5) is 15.2. The third kappa shape index (κ3) is 4.42. The Bertz CT molecular complexity index is 1280. The van der Waals surface area contributed by atoms with Crippen molar-refractivity contribution in [1.29, 1.82) is 0 Å². The third-order valence-electron chi connectivity index (χ3n) is 5.62. The number of rotatable bonds is 6. The lowest BCUT2D eigenvalue weighted by molar-refractivity contribution is 0.0924. The second-order valence-corrected chi connectivity index (χ2v) is 9.94. The van der Waals surface area contributed by atoms with Gasteiger partial charge in [0.15, 0.2) is 0 Å². The molecule has 4 rings (SSSR count). The largest absolute Gasteiger partial charge is 0.377 e. The van der Waals surface area contributed by atoms with Crippen molar-refractivity contribution in [2.45, 2.75) is 44.2 Å². The molecule has 0 aliphatic carbocycles. The maximum atomic E-state index is 14.4. The number of aromatic nitrogens is 1. The molecule has 0 amide bonds. The van der Waals surface area contributed by atoms with E-state index in [0.717, 1.165) is 39.7 Å². The fourth-order valence-corrected chi connectivity index (χ4v) is 5.59. The molecule has 1 unspecified atom stereocenters. The molecule has 1 N–H and O–H groups in total. The van der Waals surface area contributed by atoms with Gasteiger partial charge in [-0.2, -0.15) is 4.31 Å². The number of ether oxygens (including phenoxy) is 1. The maximum absolute atomic E-state index is 14.4. The van der Waals surface area contributed by atoms with Crippen molar-refractivity contribution < 1.29 is 17.5 Å². The van der Waals surface area contributed by atoms with Gasteiger partial charge in [-0.3, -0.25) is 4.79 Å². The van der Waals surface area contributed by atoms with Gasteiger partial charge in [-0.1, -0.05) is 18.2 Å². The number of fused-ring (bicyclic) bond motifs is 1. The van der Waals surface area contributed by atoms with Crippen molar-refractivity contribution in [2.24, 2.45) is 0 Å². The number of sulfonamides is 1. The van der Waals surface area contributed by atoms with Crippen LogP contribution in [0, 0.1) is 19.7 Å². The molecular weight excluding hydrogens is 419 g/mol. The molecular formula is C23H25FN2O4S. The lowest BCUT2D eigenvalue weighted by Crippen LogP contribution is -2.38. The van der Waals surface area contributed by atoms with Gasteiger partial charge in [-0.25, -0.2) is 12.8 Å². The first-order valence-corrected chi connectivity index (χ1v) is 11.7. The number of benzene rings is 2. The highest BCUT2D eigenvalue weighted by Gasteiger charge is 2.31. The number of hydrogen-bond acceptors (Lipinski definition) is 4. The summed E-state index contributed by atoms with van der Waals surface area (Å²) in [6, 6.07) is 10.9. The maximum Gasteiger partial charge on any atom is 0.252 e. The van der Waals surface area contributed by atoms with Crippen molar-refractivity contribution >= 4 is 20.9 Å². The molecule has 1 aliphatic heterocycles. The van der Waals surface area contributed by atoms with Crippen molar-refractivity contribution in [3.8, 4) is 0 Å². The van der Waals surface area contributed by atoms with Crippen LogP contribution in [0.1, 0.15) is 29.5 Å². The number of aryl methyl sites for hydroxylation is 2. The van der Waals surface area contributed by atoms with Gasteiger partial charge in [-0.15, -0.1) is 0 Å². The first-order valence-electron chi connectivity index (χ1n) is 10.2. The average molecular weight is 445 g/mol. The van der Waals surface area contributed by atoms with Crippen LogP contribution >= 0.6 is 0 Å². The highest BCUT2D eigenvalue weighted by molar-refractivity contribution is 7.89. The monoisotopic (exact) mass is 444 g/mol. The van der Waals surface area contributed by atoms with E-state index < -0.39 is 20.7 Å². The van der Waals surface area contributed by atoms with Crippen LogP contribution in [-0.4, -0.2) is 37.0 Å². The molecule has 8 heteroatoms. The van der Waals surface area contributed by atoms with Crippen LogP contribution in [0.5, 0.6) is 0 Å². The summed E-state index contributed by atoms with van der Waals surface area (Å²) >= 11 is 0. The van der Waals surface area contributed by atoms with E-state index in [-0.39, 0.29) is 24.8 Å². The minimum absolute atomic E-state index is 0.0566. The molecule has 2 heterocycles. The smallest absolute Gasteiger partial charge is 0.252 e. The van der Waals surface area contributed by atoms with Crippen LogP contribution in [0.15, 0.2) is 52.2 Å². The molecule has 0 radical (unpaired) electrons. The molecule has 0 saturated carbocycles. The van der Waals surface area contributed by atoms with Crippen molar-refractivity contribution in [1.82, 2.24) is 9.29 Å². The van der Waals surface area contributed by atoms with E-state index in [1.54, 1.807) is 6.07 Å². The zero-order valence-corrected chi connectivity index (χ0v) is 18.3. The number of pyridine rings is 1. The SMILES string of the molecule is Cc1cc(C)c2cc(CN(CC3CCCO3)S(=O)(=O)c3ccccc3F)c(=O)[nH]c2c1. The molecule has 1 atom stereocenters. The minimum Gasteiger partial charge on any atom is -0.377 e. The fraction of sp³-hybridized carbons (Fsp3) is 0.348. The van der Waals surface area contributed by atoms with Crippen LogP contribution in [0.4, 0.5) is 4.39 Å². The van der Waals surface area contributed by atoms with Crippen LogP contribution in [0.3, 0.4) is 0 Å². The Balaban J connectivity index is 1.77. The molecule has 0 bridgehead atoms. The second-order valence-electron chi connectivity index (χ2n) is 8.03. The summed E-state index contributed by atoms with van der Waals surface area (Å²) in [5.41, 5.74) is 2.65. The Hall–Kier alpha value is -2.55. The van der Waals surface area contributed by atoms with Crippen LogP contribution < -0.4 is 5.56 Å². The van der Waals surface area contributed by atoms with Gasteiger partial charge in [0.25, 0.3) is 5.56 Å². The summed E-state index contributed by atoms with van der Waals surface area (Å²) < 4.78 is 47.9. The second kappa shape index (κ2) is 8.53. The van der Waals surface area contributed by atoms with Crippen molar-refractivity contribution in [3.63, 3.8) is 0 Å². The Morgan fingerprint density at radius 1 is 1.19 bits per heavy atom. The van der Waals surface area contributed by atoms with E-state index in [2.05, 4.69) is 4.98 Å². The van der Waals surface area contributed by atoms with E-state index in [9.17, 15) is 17.6 Å². The average Bonchev–Trinajstić information content (AvgIpc) is 3.21. The van der Waals surface area contributed by atoms with Gasteiger partial charge in [0.2, 0.25) is 10.0 Å². The molecule has 3 aromatic rings. The van der Waals surface area contributed by atoms with Gasteiger partial charge in [0.1, 0.15) is 10.7 Å². The Morgan fingerprint density at radius 2 is 1.97 bits per heavy atom. The molecule has 1 aromatic heterocycles. The molecule has 6 nitrogen and oxygen atoms in total. The Labute approximate surface area is 180 Å². The number of aromatic amines is 1. The van der Waals surface area contributed by atoms with E-state index in [4.69, 9.17) is 4.74 Å².